The molecule has 0 fully saturated rings. The van der Waals surface area contributed by atoms with E-state index in [2.05, 4.69) is 10.3 Å². The summed E-state index contributed by atoms with van der Waals surface area (Å²) >= 11 is 1.12. The molecule has 1 amide bonds. The predicted octanol–water partition coefficient (Wildman–Crippen LogP) is 3.87. The summed E-state index contributed by atoms with van der Waals surface area (Å²) in [6, 6.07) is 7.59. The van der Waals surface area contributed by atoms with Crippen LogP contribution in [0.1, 0.15) is 40.5 Å². The first-order chi connectivity index (χ1) is 17.1. The normalized spacial score (nSPS) is 14.2. The molecule has 0 radical (unpaired) electrons. The molecule has 1 aliphatic heterocycles. The van der Waals surface area contributed by atoms with Gasteiger partial charge in [0.15, 0.2) is 5.84 Å². The number of carbonyl (C=O) groups is 1. The second-order valence-corrected chi connectivity index (χ2v) is 9.28. The number of aliphatic hydroxyl groups is 1. The van der Waals surface area contributed by atoms with E-state index < -0.39 is 24.5 Å². The second-order valence-electron chi connectivity index (χ2n) is 8.10. The molecule has 0 bridgehead atoms. The molecule has 1 aromatic carbocycles. The number of aliphatic hydroxyl groups excluding tert-OH is 1. The zero-order chi connectivity index (χ0) is 26.5. The van der Waals surface area contributed by atoms with Crippen LogP contribution in [0.2, 0.25) is 0 Å². The summed E-state index contributed by atoms with van der Waals surface area (Å²) in [5.41, 5.74) is 2.14. The summed E-state index contributed by atoms with van der Waals surface area (Å²) in [5, 5.41) is 27.9. The lowest BCUT2D eigenvalue weighted by Gasteiger charge is -2.25. The van der Waals surface area contributed by atoms with Crippen molar-refractivity contribution in [1.82, 2.24) is 14.2 Å². The van der Waals surface area contributed by atoms with Crippen molar-refractivity contribution in [1.29, 1.82) is 10.8 Å². The van der Waals surface area contributed by atoms with E-state index in [1.807, 2.05) is 4.31 Å². The number of carbonyl (C=O) groups excluding carboxylic acids is 1. The maximum Gasteiger partial charge on any atom is 0.389 e. The second kappa shape index (κ2) is 11.7. The molecule has 0 saturated heterocycles. The summed E-state index contributed by atoms with van der Waals surface area (Å²) in [6.45, 7) is 2.24. The van der Waals surface area contributed by atoms with E-state index in [0.29, 0.717) is 18.8 Å². The Morgan fingerprint density at radius 2 is 2.06 bits per heavy atom. The van der Waals surface area contributed by atoms with Gasteiger partial charge in [0.25, 0.3) is 5.91 Å². The minimum absolute atomic E-state index is 0.0779. The van der Waals surface area contributed by atoms with Gasteiger partial charge in [-0.2, -0.15) is 13.2 Å². The Bertz CT molecular complexity index is 1130. The minimum Gasteiger partial charge on any atom is -0.496 e. The van der Waals surface area contributed by atoms with Crippen LogP contribution >= 0.6 is 11.9 Å². The Kier molecular flexibility index (Phi) is 8.93. The SMILES string of the molecule is COc1cc2c(cc1C(=O)Nc1cccc(C(=N)N(C=N)C(C)CO)n1)CN(SCCC(F)(F)F)C2. The number of nitrogens with one attached hydrogen (secondary N) is 3. The number of alkyl halides is 3. The molecule has 36 heavy (non-hydrogen) atoms. The highest BCUT2D eigenvalue weighted by Gasteiger charge is 2.29. The molecular weight excluding hydrogens is 497 g/mol. The topological polar surface area (TPSA) is 126 Å². The molecule has 0 aliphatic carbocycles. The standard InChI is InChI=1S/C23H27F3N6O3S/c1-14(12-33)32(13-27)21(28)18-4-3-5-20(29-18)30-22(34)17-8-15-10-31(36-7-6-23(24,25)26)11-16(15)9-19(17)35-2/h3-5,8-9,13-14,27-28,33H,6-7,10-12H2,1-2H3,(H,29,30,34). The molecule has 13 heteroatoms. The van der Waals surface area contributed by atoms with Crippen LogP contribution in [0.25, 0.3) is 0 Å². The number of amides is 1. The van der Waals surface area contributed by atoms with Crippen LogP contribution in [0.15, 0.2) is 30.3 Å². The molecule has 1 aliphatic rings. The van der Waals surface area contributed by atoms with Crippen molar-refractivity contribution in [2.75, 3.05) is 24.8 Å². The van der Waals surface area contributed by atoms with Gasteiger partial charge in [-0.25, -0.2) is 9.29 Å². The molecule has 3 rings (SSSR count). The van der Waals surface area contributed by atoms with E-state index in [1.54, 1.807) is 37.3 Å². The van der Waals surface area contributed by atoms with Crippen molar-refractivity contribution in [3.8, 4) is 5.75 Å². The van der Waals surface area contributed by atoms with E-state index in [0.717, 1.165) is 29.4 Å². The number of nitrogens with zero attached hydrogens (tertiary/aromatic N) is 3. The molecule has 1 atom stereocenters. The average Bonchev–Trinajstić information content (AvgIpc) is 3.24. The van der Waals surface area contributed by atoms with Gasteiger partial charge in [-0.3, -0.25) is 15.6 Å². The van der Waals surface area contributed by atoms with Crippen LogP contribution in [0.5, 0.6) is 5.75 Å². The van der Waals surface area contributed by atoms with E-state index in [9.17, 15) is 23.1 Å². The fraction of sp³-hybridized carbons (Fsp3) is 0.391. The molecule has 194 valence electrons. The Labute approximate surface area is 210 Å². The number of hydrogen-bond acceptors (Lipinski definition) is 8. The Morgan fingerprint density at radius 3 is 2.67 bits per heavy atom. The highest BCUT2D eigenvalue weighted by Crippen LogP contribution is 2.35. The largest absolute Gasteiger partial charge is 0.496 e. The summed E-state index contributed by atoms with van der Waals surface area (Å²) in [4.78, 5) is 18.6. The van der Waals surface area contributed by atoms with Gasteiger partial charge in [0.2, 0.25) is 0 Å². The number of anilines is 1. The number of ether oxygens (including phenoxy) is 1. The minimum atomic E-state index is -4.20. The molecule has 2 heterocycles. The van der Waals surface area contributed by atoms with E-state index in [-0.39, 0.29) is 35.3 Å². The highest BCUT2D eigenvalue weighted by atomic mass is 32.2. The monoisotopic (exact) mass is 524 g/mol. The molecule has 1 unspecified atom stereocenters. The third-order valence-corrected chi connectivity index (χ3v) is 6.50. The summed E-state index contributed by atoms with van der Waals surface area (Å²) < 4.78 is 44.6. The fourth-order valence-corrected chi connectivity index (χ4v) is 4.62. The number of halogens is 3. The number of fused-ring (bicyclic) bond motifs is 1. The maximum absolute atomic E-state index is 13.1. The van der Waals surface area contributed by atoms with Gasteiger partial charge in [-0.15, -0.1) is 0 Å². The predicted molar refractivity (Wildman–Crippen MR) is 132 cm³/mol. The Hall–Kier alpha value is -3.16. The number of rotatable bonds is 10. The number of methoxy groups -OCH3 is 1. The van der Waals surface area contributed by atoms with Gasteiger partial charge in [-0.1, -0.05) is 18.0 Å². The average molecular weight is 525 g/mol. The van der Waals surface area contributed by atoms with Gasteiger partial charge in [0.1, 0.15) is 17.3 Å². The molecule has 4 N–H and O–H groups in total. The van der Waals surface area contributed by atoms with Crippen LogP contribution in [0.4, 0.5) is 19.0 Å². The first-order valence-electron chi connectivity index (χ1n) is 11.0. The van der Waals surface area contributed by atoms with Crippen molar-refractivity contribution in [3.63, 3.8) is 0 Å². The summed E-state index contributed by atoms with van der Waals surface area (Å²) in [7, 11) is 1.43. The molecule has 0 spiro atoms. The van der Waals surface area contributed by atoms with Crippen LogP contribution in [-0.2, 0) is 13.1 Å². The first-order valence-corrected chi connectivity index (χ1v) is 11.9. The first kappa shape index (κ1) is 27.4. The molecule has 1 aromatic heterocycles. The summed E-state index contributed by atoms with van der Waals surface area (Å²) in [5.74, 6) is -0.187. The Balaban J connectivity index is 1.74. The van der Waals surface area contributed by atoms with Crippen molar-refractivity contribution >= 4 is 35.8 Å². The van der Waals surface area contributed by atoms with Crippen molar-refractivity contribution < 1.29 is 27.8 Å². The number of pyridine rings is 1. The number of aromatic nitrogens is 1. The highest BCUT2D eigenvalue weighted by molar-refractivity contribution is 7.96. The molecule has 0 saturated carbocycles. The lowest BCUT2D eigenvalue weighted by atomic mass is 10.0. The van der Waals surface area contributed by atoms with Gasteiger partial charge in [-0.05, 0) is 42.3 Å². The van der Waals surface area contributed by atoms with Gasteiger partial charge in [0, 0.05) is 18.8 Å². The van der Waals surface area contributed by atoms with Crippen molar-refractivity contribution in [3.05, 3.63) is 52.7 Å². The van der Waals surface area contributed by atoms with E-state index in [4.69, 9.17) is 15.6 Å². The molecule has 2 aromatic rings. The van der Waals surface area contributed by atoms with Gasteiger partial charge < -0.3 is 20.1 Å². The summed E-state index contributed by atoms with van der Waals surface area (Å²) in [6.07, 6.45) is -4.15. The van der Waals surface area contributed by atoms with Gasteiger partial charge >= 0.3 is 6.18 Å². The third kappa shape index (κ3) is 6.74. The van der Waals surface area contributed by atoms with Crippen molar-refractivity contribution in [2.24, 2.45) is 0 Å². The van der Waals surface area contributed by atoms with Crippen LogP contribution in [0.3, 0.4) is 0 Å². The van der Waals surface area contributed by atoms with E-state index in [1.165, 1.54) is 12.0 Å². The quantitative estimate of drug-likeness (QED) is 0.211. The Morgan fingerprint density at radius 1 is 1.36 bits per heavy atom. The van der Waals surface area contributed by atoms with Gasteiger partial charge in [0.05, 0.1) is 38.1 Å². The zero-order valence-corrected chi connectivity index (χ0v) is 20.5. The maximum atomic E-state index is 13.1. The molecular formula is C23H27F3N6O3S. The zero-order valence-electron chi connectivity index (χ0n) is 19.7. The number of amidine groups is 1. The van der Waals surface area contributed by atoms with Crippen LogP contribution in [0, 0.1) is 10.8 Å². The molecule has 9 nitrogen and oxygen atoms in total. The van der Waals surface area contributed by atoms with Crippen molar-refractivity contribution in [2.45, 2.75) is 38.7 Å². The number of hydrogen-bond donors (Lipinski definition) is 4. The lowest BCUT2D eigenvalue weighted by molar-refractivity contribution is -0.129. The third-order valence-electron chi connectivity index (χ3n) is 5.49. The smallest absolute Gasteiger partial charge is 0.389 e. The van der Waals surface area contributed by atoms with E-state index >= 15 is 0 Å². The lowest BCUT2D eigenvalue weighted by Crippen LogP contribution is -2.39. The van der Waals surface area contributed by atoms with Crippen LogP contribution in [-0.4, -0.2) is 69.1 Å². The van der Waals surface area contributed by atoms with Crippen LogP contribution < -0.4 is 10.1 Å². The fourth-order valence-electron chi connectivity index (χ4n) is 3.58. The number of benzene rings is 1.